The molecule has 0 heterocycles. The Morgan fingerprint density at radius 1 is 1.08 bits per heavy atom. The first-order chi connectivity index (χ1) is 11.9. The second-order valence-electron chi connectivity index (χ2n) is 5.98. The van der Waals surface area contributed by atoms with Gasteiger partial charge in [0.05, 0.1) is 23.7 Å². The van der Waals surface area contributed by atoms with Gasteiger partial charge >= 0.3 is 0 Å². The van der Waals surface area contributed by atoms with Gasteiger partial charge in [0, 0.05) is 0 Å². The number of hydrogen-bond donors (Lipinski definition) is 0. The molecule has 0 fully saturated rings. The average Bonchev–Trinajstić information content (AvgIpc) is 2.60. The molecule has 0 aliphatic rings. The smallest absolute Gasteiger partial charge is 0.264 e. The van der Waals surface area contributed by atoms with Gasteiger partial charge in [0.1, 0.15) is 5.75 Å². The van der Waals surface area contributed by atoms with Gasteiger partial charge < -0.3 is 4.74 Å². The lowest BCUT2D eigenvalue weighted by Gasteiger charge is -2.23. The van der Waals surface area contributed by atoms with Gasteiger partial charge in [0.2, 0.25) is 0 Å². The number of benzene rings is 2. The predicted octanol–water partition coefficient (Wildman–Crippen LogP) is 4.59. The number of anilines is 1. The highest BCUT2D eigenvalue weighted by atomic mass is 32.2. The van der Waals surface area contributed by atoms with Crippen LogP contribution in [0.4, 0.5) is 5.69 Å². The normalized spacial score (nSPS) is 11.4. The van der Waals surface area contributed by atoms with Gasteiger partial charge in [-0.05, 0) is 54.8 Å². The molecule has 134 valence electrons. The van der Waals surface area contributed by atoms with Gasteiger partial charge in [-0.3, -0.25) is 4.31 Å². The van der Waals surface area contributed by atoms with E-state index < -0.39 is 10.0 Å². The average molecular weight is 359 g/mol. The van der Waals surface area contributed by atoms with Crippen LogP contribution in [0, 0.1) is 0 Å². The summed E-state index contributed by atoms with van der Waals surface area (Å²) in [6.07, 6.45) is 1.59. The minimum Gasteiger partial charge on any atom is -0.494 e. The van der Waals surface area contributed by atoms with Gasteiger partial charge in [-0.25, -0.2) is 8.42 Å². The summed E-state index contributed by atoms with van der Waals surface area (Å²) >= 11 is 0. The third-order valence-electron chi connectivity index (χ3n) is 3.87. The van der Waals surface area contributed by atoms with Crippen molar-refractivity contribution in [2.75, 3.05) is 17.5 Å². The third kappa shape index (κ3) is 4.42. The Morgan fingerprint density at radius 3 is 2.16 bits per heavy atom. The summed E-state index contributed by atoms with van der Waals surface area (Å²) in [6.45, 7) is 10.5. The van der Waals surface area contributed by atoms with Gasteiger partial charge in [-0.1, -0.05) is 32.1 Å². The van der Waals surface area contributed by atoms with Crippen LogP contribution in [0.2, 0.25) is 0 Å². The summed E-state index contributed by atoms with van der Waals surface area (Å²) in [5, 5.41) is 0. The molecule has 2 rings (SSSR count). The lowest BCUT2D eigenvalue weighted by Crippen LogP contribution is -2.31. The molecule has 0 unspecified atom stereocenters. The maximum absolute atomic E-state index is 13.0. The zero-order valence-electron chi connectivity index (χ0n) is 15.0. The number of hydrogen-bond acceptors (Lipinski definition) is 3. The molecule has 0 bridgehead atoms. The van der Waals surface area contributed by atoms with E-state index in [1.165, 1.54) is 9.87 Å². The fourth-order valence-electron chi connectivity index (χ4n) is 2.49. The van der Waals surface area contributed by atoms with Crippen molar-refractivity contribution in [2.24, 2.45) is 0 Å². The first-order valence-corrected chi connectivity index (χ1v) is 9.80. The molecule has 0 aromatic heterocycles. The number of rotatable bonds is 8. The second kappa shape index (κ2) is 8.21. The molecular formula is C20H25NO3S. The van der Waals surface area contributed by atoms with Crippen molar-refractivity contribution in [3.05, 3.63) is 66.7 Å². The molecule has 25 heavy (non-hydrogen) atoms. The minimum atomic E-state index is -3.67. The van der Waals surface area contributed by atoms with E-state index in [0.29, 0.717) is 24.0 Å². The van der Waals surface area contributed by atoms with E-state index in [4.69, 9.17) is 4.74 Å². The fourth-order valence-corrected chi connectivity index (χ4v) is 3.92. The van der Waals surface area contributed by atoms with Crippen LogP contribution in [-0.4, -0.2) is 21.6 Å². The maximum Gasteiger partial charge on any atom is 0.264 e. The highest BCUT2D eigenvalue weighted by molar-refractivity contribution is 7.92. The molecule has 2 aromatic rings. The first-order valence-electron chi connectivity index (χ1n) is 8.36. The zero-order valence-corrected chi connectivity index (χ0v) is 15.8. The summed E-state index contributed by atoms with van der Waals surface area (Å²) in [5.41, 5.74) is 1.79. The van der Waals surface area contributed by atoms with E-state index in [1.54, 1.807) is 30.3 Å². The molecule has 5 heteroatoms. The largest absolute Gasteiger partial charge is 0.494 e. The molecule has 4 nitrogen and oxygen atoms in total. The van der Waals surface area contributed by atoms with E-state index in [2.05, 4.69) is 20.4 Å². The van der Waals surface area contributed by atoms with Gasteiger partial charge in [-0.15, -0.1) is 6.58 Å². The Morgan fingerprint density at radius 2 is 1.68 bits per heavy atom. The Bertz CT molecular complexity index is 794. The summed E-state index contributed by atoms with van der Waals surface area (Å²) in [5.74, 6) is 1.04. The van der Waals surface area contributed by atoms with Crippen molar-refractivity contribution < 1.29 is 13.2 Å². The molecule has 0 amide bonds. The Balaban J connectivity index is 2.38. The number of nitrogens with zero attached hydrogens (tertiary/aromatic N) is 1. The molecule has 0 N–H and O–H groups in total. The lowest BCUT2D eigenvalue weighted by molar-refractivity contribution is 0.340. The molecule has 0 aliphatic heterocycles. The van der Waals surface area contributed by atoms with Crippen LogP contribution in [-0.2, 0) is 10.0 Å². The van der Waals surface area contributed by atoms with Crippen molar-refractivity contribution in [1.82, 2.24) is 0 Å². The standard InChI is InChI=1S/C20H25NO3S/c1-5-15-21(18-9-7-17(8-10-18)16(3)4)25(22,23)20-13-11-19(12-14-20)24-6-2/h5,7-14,16H,1,6,15H2,2-4H3. The molecule has 0 saturated heterocycles. The van der Waals surface area contributed by atoms with Crippen molar-refractivity contribution in [2.45, 2.75) is 31.6 Å². The number of ether oxygens (including phenoxy) is 1. The predicted molar refractivity (Wildman–Crippen MR) is 103 cm³/mol. The monoisotopic (exact) mass is 359 g/mol. The SMILES string of the molecule is C=CCN(c1ccc(C(C)C)cc1)S(=O)(=O)c1ccc(OCC)cc1. The molecule has 0 radical (unpaired) electrons. The lowest BCUT2D eigenvalue weighted by atomic mass is 10.0. The van der Waals surface area contributed by atoms with Crippen molar-refractivity contribution in [3.8, 4) is 5.75 Å². The molecular weight excluding hydrogens is 334 g/mol. The molecule has 0 spiro atoms. The van der Waals surface area contributed by atoms with Crippen LogP contribution in [0.5, 0.6) is 5.75 Å². The summed E-state index contributed by atoms with van der Waals surface area (Å²) in [4.78, 5) is 0.228. The van der Waals surface area contributed by atoms with E-state index in [-0.39, 0.29) is 11.4 Å². The highest BCUT2D eigenvalue weighted by Gasteiger charge is 2.24. The van der Waals surface area contributed by atoms with Crippen LogP contribution in [0.25, 0.3) is 0 Å². The highest BCUT2D eigenvalue weighted by Crippen LogP contribution is 2.26. The van der Waals surface area contributed by atoms with E-state index in [1.807, 2.05) is 31.2 Å². The third-order valence-corrected chi connectivity index (χ3v) is 5.67. The molecule has 0 atom stereocenters. The zero-order chi connectivity index (χ0) is 18.4. The van der Waals surface area contributed by atoms with Crippen molar-refractivity contribution in [1.29, 1.82) is 0 Å². The molecule has 0 aliphatic carbocycles. The summed E-state index contributed by atoms with van der Waals surface area (Å²) < 4.78 is 32.8. The van der Waals surface area contributed by atoms with Gasteiger partial charge in [-0.2, -0.15) is 0 Å². The van der Waals surface area contributed by atoms with Crippen molar-refractivity contribution >= 4 is 15.7 Å². The Labute approximate surface area is 150 Å². The Kier molecular flexibility index (Phi) is 6.26. The first kappa shape index (κ1) is 19.1. The Hall–Kier alpha value is -2.27. The van der Waals surface area contributed by atoms with Gasteiger partial charge in [0.25, 0.3) is 10.0 Å². The van der Waals surface area contributed by atoms with E-state index >= 15 is 0 Å². The number of sulfonamides is 1. The fraction of sp³-hybridized carbons (Fsp3) is 0.300. The maximum atomic E-state index is 13.0. The quantitative estimate of drug-likeness (QED) is 0.648. The van der Waals surface area contributed by atoms with Crippen LogP contribution >= 0.6 is 0 Å². The minimum absolute atomic E-state index is 0.205. The summed E-state index contributed by atoms with van der Waals surface area (Å²) in [7, 11) is -3.67. The van der Waals surface area contributed by atoms with Gasteiger partial charge in [0.15, 0.2) is 0 Å². The van der Waals surface area contributed by atoms with Crippen LogP contribution in [0.15, 0.2) is 66.1 Å². The second-order valence-corrected chi connectivity index (χ2v) is 7.84. The topological polar surface area (TPSA) is 46.6 Å². The summed E-state index contributed by atoms with van der Waals surface area (Å²) in [6, 6.07) is 14.1. The van der Waals surface area contributed by atoms with Crippen LogP contribution in [0.3, 0.4) is 0 Å². The van der Waals surface area contributed by atoms with Crippen LogP contribution in [0.1, 0.15) is 32.3 Å². The molecule has 0 saturated carbocycles. The van der Waals surface area contributed by atoms with Crippen LogP contribution < -0.4 is 9.04 Å². The van der Waals surface area contributed by atoms with E-state index in [9.17, 15) is 8.42 Å². The molecule has 2 aromatic carbocycles. The van der Waals surface area contributed by atoms with Crippen molar-refractivity contribution in [3.63, 3.8) is 0 Å². The van der Waals surface area contributed by atoms with E-state index in [0.717, 1.165) is 0 Å².